The Bertz CT molecular complexity index is 410. The van der Waals surface area contributed by atoms with Crippen LogP contribution in [-0.4, -0.2) is 25.3 Å². The van der Waals surface area contributed by atoms with Crippen molar-refractivity contribution in [3.8, 4) is 0 Å². The lowest BCUT2D eigenvalue weighted by Crippen LogP contribution is -2.42. The number of rotatable bonds is 3. The van der Waals surface area contributed by atoms with Crippen LogP contribution in [0.3, 0.4) is 0 Å². The Hall–Kier alpha value is -1.00. The van der Waals surface area contributed by atoms with E-state index in [2.05, 4.69) is 17.6 Å². The Morgan fingerprint density at radius 2 is 1.89 bits per heavy atom. The van der Waals surface area contributed by atoms with Crippen molar-refractivity contribution in [3.05, 3.63) is 24.3 Å². The predicted molar refractivity (Wildman–Crippen MR) is 77.1 cm³/mol. The van der Waals surface area contributed by atoms with E-state index < -0.39 is 0 Å². The lowest BCUT2D eigenvalue weighted by Gasteiger charge is -2.32. The lowest BCUT2D eigenvalue weighted by atomic mass is 9.80. The van der Waals surface area contributed by atoms with Gasteiger partial charge in [-0.3, -0.25) is 4.79 Å². The molecule has 4 heteroatoms. The summed E-state index contributed by atoms with van der Waals surface area (Å²) in [5.41, 5.74) is 0.654. The molecule has 1 aliphatic heterocycles. The summed E-state index contributed by atoms with van der Waals surface area (Å²) in [4.78, 5) is 13.5. The second-order valence-corrected chi connectivity index (χ2v) is 5.87. The van der Waals surface area contributed by atoms with Gasteiger partial charge in [-0.05, 0) is 56.5 Å². The second-order valence-electron chi connectivity index (χ2n) is 4.99. The number of anilines is 1. The first kappa shape index (κ1) is 13.4. The van der Waals surface area contributed by atoms with Gasteiger partial charge in [0, 0.05) is 16.0 Å². The molecule has 0 aromatic heterocycles. The van der Waals surface area contributed by atoms with E-state index in [1.54, 1.807) is 11.8 Å². The van der Waals surface area contributed by atoms with Gasteiger partial charge >= 0.3 is 0 Å². The summed E-state index contributed by atoms with van der Waals surface area (Å²) in [6, 6.07) is 8.00. The van der Waals surface area contributed by atoms with Crippen LogP contribution in [0.25, 0.3) is 0 Å². The number of piperidine rings is 1. The summed E-state index contributed by atoms with van der Waals surface area (Å²) in [6.45, 7) is 3.91. The van der Waals surface area contributed by atoms with Crippen LogP contribution in [0.5, 0.6) is 0 Å². The van der Waals surface area contributed by atoms with Crippen molar-refractivity contribution in [2.24, 2.45) is 5.41 Å². The van der Waals surface area contributed by atoms with Crippen molar-refractivity contribution in [3.63, 3.8) is 0 Å². The van der Waals surface area contributed by atoms with Gasteiger partial charge in [0.05, 0.1) is 0 Å². The van der Waals surface area contributed by atoms with Gasteiger partial charge in [-0.2, -0.15) is 0 Å². The van der Waals surface area contributed by atoms with Crippen LogP contribution in [0, 0.1) is 5.41 Å². The molecular weight excluding hydrogens is 244 g/mol. The highest BCUT2D eigenvalue weighted by atomic mass is 32.2. The standard InChI is InChI=1S/C14H20N2OS/c1-14(7-9-15-10-8-14)13(17)16-11-3-5-12(18-2)6-4-11/h3-6,15H,7-10H2,1-2H3,(H,16,17). The number of thioether (sulfide) groups is 1. The van der Waals surface area contributed by atoms with Gasteiger partial charge in [-0.1, -0.05) is 6.92 Å². The number of nitrogens with one attached hydrogen (secondary N) is 2. The average Bonchev–Trinajstić information content (AvgIpc) is 2.40. The van der Waals surface area contributed by atoms with E-state index in [0.29, 0.717) is 0 Å². The molecule has 1 amide bonds. The molecule has 1 aromatic carbocycles. The monoisotopic (exact) mass is 264 g/mol. The Kier molecular flexibility index (Phi) is 4.30. The normalized spacial score (nSPS) is 18.3. The van der Waals surface area contributed by atoms with E-state index in [0.717, 1.165) is 31.6 Å². The van der Waals surface area contributed by atoms with Crippen molar-refractivity contribution in [2.45, 2.75) is 24.7 Å². The first-order valence-electron chi connectivity index (χ1n) is 6.30. The molecule has 1 fully saturated rings. The number of amides is 1. The van der Waals surface area contributed by atoms with Gasteiger partial charge in [0.15, 0.2) is 0 Å². The summed E-state index contributed by atoms with van der Waals surface area (Å²) in [5, 5.41) is 6.32. The smallest absolute Gasteiger partial charge is 0.230 e. The highest BCUT2D eigenvalue weighted by molar-refractivity contribution is 7.98. The van der Waals surface area contributed by atoms with E-state index in [-0.39, 0.29) is 11.3 Å². The van der Waals surface area contributed by atoms with Crippen molar-refractivity contribution in [2.75, 3.05) is 24.7 Å². The minimum absolute atomic E-state index is 0.140. The fraction of sp³-hybridized carbons (Fsp3) is 0.500. The quantitative estimate of drug-likeness (QED) is 0.825. The highest BCUT2D eigenvalue weighted by Crippen LogP contribution is 2.29. The van der Waals surface area contributed by atoms with E-state index in [4.69, 9.17) is 0 Å². The SMILES string of the molecule is CSc1ccc(NC(=O)C2(C)CCNCC2)cc1. The van der Waals surface area contributed by atoms with Crippen LogP contribution < -0.4 is 10.6 Å². The topological polar surface area (TPSA) is 41.1 Å². The highest BCUT2D eigenvalue weighted by Gasteiger charge is 2.34. The molecule has 2 rings (SSSR count). The fourth-order valence-electron chi connectivity index (χ4n) is 2.16. The largest absolute Gasteiger partial charge is 0.326 e. The van der Waals surface area contributed by atoms with Crippen LogP contribution in [-0.2, 0) is 4.79 Å². The molecule has 0 radical (unpaired) electrons. The maximum Gasteiger partial charge on any atom is 0.230 e. The second kappa shape index (κ2) is 5.76. The summed E-state index contributed by atoms with van der Waals surface area (Å²) < 4.78 is 0. The maximum atomic E-state index is 12.3. The average molecular weight is 264 g/mol. The van der Waals surface area contributed by atoms with Crippen molar-refractivity contribution >= 4 is 23.4 Å². The molecule has 0 atom stereocenters. The van der Waals surface area contributed by atoms with Crippen molar-refractivity contribution < 1.29 is 4.79 Å². The van der Waals surface area contributed by atoms with Gasteiger partial charge in [-0.15, -0.1) is 11.8 Å². The molecule has 1 saturated heterocycles. The van der Waals surface area contributed by atoms with Crippen molar-refractivity contribution in [1.82, 2.24) is 5.32 Å². The van der Waals surface area contributed by atoms with Crippen LogP contribution in [0.2, 0.25) is 0 Å². The first-order valence-corrected chi connectivity index (χ1v) is 7.53. The third kappa shape index (κ3) is 3.06. The molecule has 18 heavy (non-hydrogen) atoms. The number of hydrogen-bond donors (Lipinski definition) is 2. The molecule has 98 valence electrons. The molecular formula is C14H20N2OS. The zero-order valence-electron chi connectivity index (χ0n) is 11.0. The fourth-order valence-corrected chi connectivity index (χ4v) is 2.57. The van der Waals surface area contributed by atoms with Crippen LogP contribution in [0.1, 0.15) is 19.8 Å². The van der Waals surface area contributed by atoms with E-state index in [1.807, 2.05) is 30.5 Å². The van der Waals surface area contributed by atoms with Gasteiger partial charge in [0.2, 0.25) is 5.91 Å². The molecule has 0 bridgehead atoms. The van der Waals surface area contributed by atoms with Crippen LogP contribution in [0.4, 0.5) is 5.69 Å². The zero-order chi connectivity index (χ0) is 13.0. The molecule has 2 N–H and O–H groups in total. The minimum atomic E-state index is -0.233. The molecule has 0 aliphatic carbocycles. The summed E-state index contributed by atoms with van der Waals surface area (Å²) in [5.74, 6) is 0.140. The summed E-state index contributed by atoms with van der Waals surface area (Å²) in [7, 11) is 0. The third-order valence-electron chi connectivity index (χ3n) is 3.60. The van der Waals surface area contributed by atoms with Crippen molar-refractivity contribution in [1.29, 1.82) is 0 Å². The van der Waals surface area contributed by atoms with Gasteiger partial charge in [0.25, 0.3) is 0 Å². The van der Waals surface area contributed by atoms with E-state index in [9.17, 15) is 4.79 Å². The van der Waals surface area contributed by atoms with Gasteiger partial charge in [0.1, 0.15) is 0 Å². The summed E-state index contributed by atoms with van der Waals surface area (Å²) >= 11 is 1.70. The number of carbonyl (C=O) groups excluding carboxylic acids is 1. The third-order valence-corrected chi connectivity index (χ3v) is 4.35. The number of carbonyl (C=O) groups is 1. The number of hydrogen-bond acceptors (Lipinski definition) is 3. The van der Waals surface area contributed by atoms with E-state index >= 15 is 0 Å². The Balaban J connectivity index is 2.01. The predicted octanol–water partition coefficient (Wildman–Crippen LogP) is 2.74. The molecule has 0 saturated carbocycles. The molecule has 1 aromatic rings. The molecule has 0 spiro atoms. The van der Waals surface area contributed by atoms with Gasteiger partial charge in [-0.25, -0.2) is 0 Å². The maximum absolute atomic E-state index is 12.3. The van der Waals surface area contributed by atoms with Gasteiger partial charge < -0.3 is 10.6 Å². The molecule has 3 nitrogen and oxygen atoms in total. The minimum Gasteiger partial charge on any atom is -0.326 e. The Labute approximate surface area is 113 Å². The lowest BCUT2D eigenvalue weighted by molar-refractivity contribution is -0.126. The van der Waals surface area contributed by atoms with Crippen LogP contribution >= 0.6 is 11.8 Å². The van der Waals surface area contributed by atoms with Crippen LogP contribution in [0.15, 0.2) is 29.2 Å². The van der Waals surface area contributed by atoms with E-state index in [1.165, 1.54) is 4.90 Å². The number of benzene rings is 1. The Morgan fingerprint density at radius 3 is 2.44 bits per heavy atom. The molecule has 1 heterocycles. The first-order chi connectivity index (χ1) is 8.64. The molecule has 1 aliphatic rings. The Morgan fingerprint density at radius 1 is 1.28 bits per heavy atom. The molecule has 0 unspecified atom stereocenters. The summed E-state index contributed by atoms with van der Waals surface area (Å²) in [6.07, 6.45) is 3.85. The zero-order valence-corrected chi connectivity index (χ0v) is 11.8.